The Balaban J connectivity index is 1.50. The Labute approximate surface area is 276 Å². The summed E-state index contributed by atoms with van der Waals surface area (Å²) in [7, 11) is -3.15. The molecule has 0 saturated carbocycles. The van der Waals surface area contributed by atoms with Crippen molar-refractivity contribution in [2.75, 3.05) is 7.11 Å². The maximum absolute atomic E-state index is 7.42. The van der Waals surface area contributed by atoms with E-state index in [2.05, 4.69) is 191 Å². The lowest BCUT2D eigenvalue weighted by molar-refractivity contribution is 0.388. The molecule has 46 heavy (non-hydrogen) atoms. The van der Waals surface area contributed by atoms with Crippen LogP contribution < -0.4 is 35.4 Å². The number of methoxy groups -OCH3 is 1. The zero-order valence-corrected chi connectivity index (χ0v) is 29.0. The van der Waals surface area contributed by atoms with Gasteiger partial charge in [-0.15, -0.1) is 0 Å². The quantitative estimate of drug-likeness (QED) is 0.112. The maximum Gasteiger partial charge on any atom is 0.320 e. The Bertz CT molecular complexity index is 1700. The molecule has 6 aromatic carbocycles. The third kappa shape index (κ3) is 5.94. The molecule has 2 nitrogen and oxygen atoms in total. The monoisotopic (exact) mass is 637 g/mol. The highest BCUT2D eigenvalue weighted by Crippen LogP contribution is 2.58. The summed E-state index contributed by atoms with van der Waals surface area (Å²) in [6.07, 6.45) is 0.862. The van der Waals surface area contributed by atoms with Crippen molar-refractivity contribution in [3.8, 4) is 11.5 Å². The van der Waals surface area contributed by atoms with E-state index in [9.17, 15) is 0 Å². The molecule has 6 aromatic rings. The Morgan fingerprint density at radius 1 is 0.500 bits per heavy atom. The van der Waals surface area contributed by atoms with E-state index in [0.29, 0.717) is 0 Å². The van der Waals surface area contributed by atoms with Crippen molar-refractivity contribution in [3.05, 3.63) is 175 Å². The third-order valence-electron chi connectivity index (χ3n) is 8.92. The zero-order chi connectivity index (χ0) is 32.0. The molecular weight excluding hydrogens is 596 g/mol. The van der Waals surface area contributed by atoms with Gasteiger partial charge in [0.15, 0.2) is 5.75 Å². The molecule has 0 spiro atoms. The number of rotatable bonds is 10. The standard InChI is InChI=1S/C42H42O2PSi/c1-42(2,3)46(38-26-16-8-17-27-38,39-28-18-9-19-29-39)44-40-31-30-34(32-41(40)43-4)33-45(35-20-10-5-11-21-35,36-22-12-6-13-23-36)37-24-14-7-15-25-37/h5-32H,33H2,1-4H3/q+1. The average Bonchev–Trinajstić information content (AvgIpc) is 3.11. The van der Waals surface area contributed by atoms with Gasteiger partial charge in [0.1, 0.15) is 28.9 Å². The van der Waals surface area contributed by atoms with E-state index in [1.165, 1.54) is 31.9 Å². The van der Waals surface area contributed by atoms with E-state index in [-0.39, 0.29) is 5.04 Å². The third-order valence-corrected chi connectivity index (χ3v) is 18.2. The summed E-state index contributed by atoms with van der Waals surface area (Å²) < 4.78 is 13.6. The largest absolute Gasteiger partial charge is 0.531 e. The van der Waals surface area contributed by atoms with E-state index < -0.39 is 15.6 Å². The van der Waals surface area contributed by atoms with Crippen molar-refractivity contribution in [2.45, 2.75) is 32.0 Å². The zero-order valence-electron chi connectivity index (χ0n) is 27.1. The molecule has 0 unspecified atom stereocenters. The SMILES string of the molecule is COc1cc(C[P+](c2ccccc2)(c2ccccc2)c2ccccc2)ccc1O[Si](c1ccccc1)(c1ccccc1)C(C)(C)C. The minimum absolute atomic E-state index is 0.159. The highest BCUT2D eigenvalue weighted by molar-refractivity contribution is 7.95. The number of hydrogen-bond donors (Lipinski definition) is 0. The second kappa shape index (κ2) is 13.5. The lowest BCUT2D eigenvalue weighted by Crippen LogP contribution is -2.68. The first-order valence-corrected chi connectivity index (χ1v) is 19.8. The lowest BCUT2D eigenvalue weighted by atomic mass is 10.2. The summed E-state index contributed by atoms with van der Waals surface area (Å²) in [4.78, 5) is 0. The van der Waals surface area contributed by atoms with Gasteiger partial charge in [-0.3, -0.25) is 0 Å². The van der Waals surface area contributed by atoms with Gasteiger partial charge in [-0.25, -0.2) is 0 Å². The van der Waals surface area contributed by atoms with Crippen LogP contribution >= 0.6 is 7.26 Å². The fraction of sp³-hybridized carbons (Fsp3) is 0.143. The first kappa shape index (κ1) is 31.5. The van der Waals surface area contributed by atoms with Gasteiger partial charge in [-0.2, -0.15) is 0 Å². The van der Waals surface area contributed by atoms with Crippen molar-refractivity contribution in [1.29, 1.82) is 0 Å². The summed E-state index contributed by atoms with van der Waals surface area (Å²) in [5.74, 6) is 1.54. The van der Waals surface area contributed by atoms with Gasteiger partial charge in [-0.05, 0) is 69.5 Å². The highest BCUT2D eigenvalue weighted by Gasteiger charge is 2.52. The van der Waals surface area contributed by atoms with E-state index in [1.807, 2.05) is 0 Å². The van der Waals surface area contributed by atoms with Crippen molar-refractivity contribution < 1.29 is 9.16 Å². The summed E-state index contributed by atoms with van der Waals surface area (Å²) in [5.41, 5.74) is 1.22. The Morgan fingerprint density at radius 2 is 0.891 bits per heavy atom. The molecule has 0 aliphatic rings. The summed E-state index contributed by atoms with van der Waals surface area (Å²) in [6.45, 7) is 6.91. The van der Waals surface area contributed by atoms with Crippen molar-refractivity contribution in [1.82, 2.24) is 0 Å². The average molecular weight is 638 g/mol. The fourth-order valence-electron chi connectivity index (χ4n) is 6.75. The number of hydrogen-bond acceptors (Lipinski definition) is 2. The van der Waals surface area contributed by atoms with Crippen LogP contribution in [0.2, 0.25) is 5.04 Å². The van der Waals surface area contributed by atoms with Crippen LogP contribution in [-0.4, -0.2) is 15.4 Å². The molecule has 0 aromatic heterocycles. The van der Waals surface area contributed by atoms with Crippen LogP contribution in [0.4, 0.5) is 0 Å². The first-order chi connectivity index (χ1) is 22.4. The molecule has 4 heteroatoms. The molecule has 0 bridgehead atoms. The first-order valence-electron chi connectivity index (χ1n) is 15.9. The van der Waals surface area contributed by atoms with E-state index >= 15 is 0 Å². The predicted molar refractivity (Wildman–Crippen MR) is 200 cm³/mol. The summed E-state index contributed by atoms with van der Waals surface area (Å²) in [5, 5.41) is 6.40. The minimum atomic E-state index is -2.83. The van der Waals surface area contributed by atoms with Gasteiger partial charge in [-0.1, -0.05) is 142 Å². The van der Waals surface area contributed by atoms with Crippen molar-refractivity contribution in [3.63, 3.8) is 0 Å². The second-order valence-electron chi connectivity index (χ2n) is 12.7. The number of ether oxygens (including phenoxy) is 1. The molecule has 0 saturated heterocycles. The van der Waals surface area contributed by atoms with Crippen LogP contribution in [0.15, 0.2) is 170 Å². The summed E-state index contributed by atoms with van der Waals surface area (Å²) >= 11 is 0. The van der Waals surface area contributed by atoms with E-state index in [4.69, 9.17) is 9.16 Å². The van der Waals surface area contributed by atoms with Crippen LogP contribution in [0.25, 0.3) is 0 Å². The molecule has 0 fully saturated rings. The molecule has 0 aliphatic carbocycles. The van der Waals surface area contributed by atoms with Crippen molar-refractivity contribution in [2.24, 2.45) is 0 Å². The molecule has 0 heterocycles. The Morgan fingerprint density at radius 3 is 1.26 bits per heavy atom. The normalized spacial score (nSPS) is 12.0. The van der Waals surface area contributed by atoms with Gasteiger partial charge in [0, 0.05) is 0 Å². The van der Waals surface area contributed by atoms with Gasteiger partial charge in [0.2, 0.25) is 0 Å². The maximum atomic E-state index is 7.42. The van der Waals surface area contributed by atoms with Crippen LogP contribution in [0.1, 0.15) is 26.3 Å². The molecule has 0 N–H and O–H groups in total. The van der Waals surface area contributed by atoms with Gasteiger partial charge in [0.05, 0.1) is 13.3 Å². The molecule has 0 amide bonds. The van der Waals surface area contributed by atoms with E-state index in [0.717, 1.165) is 17.7 Å². The van der Waals surface area contributed by atoms with Crippen LogP contribution in [0, 0.1) is 0 Å². The Kier molecular flexibility index (Phi) is 9.26. The van der Waals surface area contributed by atoms with Crippen LogP contribution in [-0.2, 0) is 6.16 Å². The molecule has 230 valence electrons. The minimum Gasteiger partial charge on any atom is -0.531 e. The van der Waals surface area contributed by atoms with Crippen molar-refractivity contribution >= 4 is 41.9 Å². The number of benzene rings is 6. The molecule has 0 aliphatic heterocycles. The second-order valence-corrected chi connectivity index (χ2v) is 20.4. The van der Waals surface area contributed by atoms with Crippen LogP contribution in [0.5, 0.6) is 11.5 Å². The molecular formula is C42H42O2PSi+. The topological polar surface area (TPSA) is 18.5 Å². The van der Waals surface area contributed by atoms with Gasteiger partial charge < -0.3 is 9.16 Å². The smallest absolute Gasteiger partial charge is 0.320 e. The Hall–Kier alpha value is -4.43. The van der Waals surface area contributed by atoms with Gasteiger partial charge >= 0.3 is 8.32 Å². The predicted octanol–water partition coefficient (Wildman–Crippen LogP) is 8.13. The van der Waals surface area contributed by atoms with E-state index in [1.54, 1.807) is 7.11 Å². The summed E-state index contributed by atoms with van der Waals surface area (Å²) in [6, 6.07) is 61.2. The fourth-order valence-corrected chi connectivity index (χ4v) is 15.4. The highest BCUT2D eigenvalue weighted by atomic mass is 31.2. The molecule has 0 radical (unpaired) electrons. The molecule has 0 atom stereocenters. The molecule has 6 rings (SSSR count). The van der Waals surface area contributed by atoms with Gasteiger partial charge in [0.25, 0.3) is 0 Å². The lowest BCUT2D eigenvalue weighted by Gasteiger charge is -2.43. The van der Waals surface area contributed by atoms with Crippen LogP contribution in [0.3, 0.4) is 0 Å².